The molecular formula is C20H24N4O. The number of benzene rings is 1. The van der Waals surface area contributed by atoms with Crippen molar-refractivity contribution in [2.24, 2.45) is 0 Å². The monoisotopic (exact) mass is 336 g/mol. The molecule has 0 spiro atoms. The van der Waals surface area contributed by atoms with E-state index in [1.54, 1.807) is 12.3 Å². The number of anilines is 1. The number of carbonyl (C=O) groups excluding carboxylic acids is 1. The van der Waals surface area contributed by atoms with Crippen molar-refractivity contribution >= 4 is 22.6 Å². The van der Waals surface area contributed by atoms with Crippen LogP contribution in [0.2, 0.25) is 0 Å². The molecule has 1 amide bonds. The van der Waals surface area contributed by atoms with Crippen LogP contribution in [0.1, 0.15) is 36.2 Å². The Balaban J connectivity index is 1.54. The summed E-state index contributed by atoms with van der Waals surface area (Å²) in [7, 11) is 0. The van der Waals surface area contributed by atoms with Crippen LogP contribution in [0.3, 0.4) is 0 Å². The van der Waals surface area contributed by atoms with Gasteiger partial charge in [0.1, 0.15) is 5.82 Å². The van der Waals surface area contributed by atoms with Crippen LogP contribution in [0.5, 0.6) is 0 Å². The Morgan fingerprint density at radius 1 is 1.24 bits per heavy atom. The second-order valence-corrected chi connectivity index (χ2v) is 6.25. The smallest absolute Gasteiger partial charge is 0.253 e. The van der Waals surface area contributed by atoms with Gasteiger partial charge in [-0.1, -0.05) is 25.1 Å². The third-order valence-electron chi connectivity index (χ3n) is 4.39. The Kier molecular flexibility index (Phi) is 5.33. The molecule has 0 saturated heterocycles. The summed E-state index contributed by atoms with van der Waals surface area (Å²) in [5.41, 5.74) is 3.03. The van der Waals surface area contributed by atoms with E-state index in [9.17, 15) is 4.79 Å². The Bertz CT molecular complexity index is 838. The highest BCUT2D eigenvalue weighted by Crippen LogP contribution is 2.18. The van der Waals surface area contributed by atoms with Gasteiger partial charge in [-0.05, 0) is 43.5 Å². The van der Waals surface area contributed by atoms with Crippen molar-refractivity contribution < 1.29 is 4.79 Å². The summed E-state index contributed by atoms with van der Waals surface area (Å²) in [6.45, 7) is 4.82. The lowest BCUT2D eigenvalue weighted by atomic mass is 10.1. The van der Waals surface area contributed by atoms with Crippen LogP contribution >= 0.6 is 0 Å². The lowest BCUT2D eigenvalue weighted by Crippen LogP contribution is -2.31. The Labute approximate surface area is 147 Å². The second kappa shape index (κ2) is 7.83. The average molecular weight is 336 g/mol. The first-order valence-corrected chi connectivity index (χ1v) is 8.73. The largest absolute Gasteiger partial charge is 0.370 e. The van der Waals surface area contributed by atoms with Crippen molar-refractivity contribution in [3.63, 3.8) is 0 Å². The van der Waals surface area contributed by atoms with Crippen molar-refractivity contribution in [2.45, 2.75) is 32.7 Å². The van der Waals surface area contributed by atoms with E-state index in [4.69, 9.17) is 0 Å². The number of hydrogen-bond donors (Lipinski definition) is 3. The molecule has 0 bridgehead atoms. The number of carbonyl (C=O) groups is 1. The molecular weight excluding hydrogens is 312 g/mol. The lowest BCUT2D eigenvalue weighted by Gasteiger charge is -2.11. The molecule has 0 saturated carbocycles. The normalized spacial score (nSPS) is 12.1. The van der Waals surface area contributed by atoms with Crippen molar-refractivity contribution in [2.75, 3.05) is 11.9 Å². The van der Waals surface area contributed by atoms with Crippen LogP contribution in [-0.2, 0) is 6.42 Å². The zero-order valence-corrected chi connectivity index (χ0v) is 14.7. The average Bonchev–Trinajstić information content (AvgIpc) is 3.05. The molecule has 5 nitrogen and oxygen atoms in total. The molecule has 0 aliphatic rings. The number of hydrogen-bond acceptors (Lipinski definition) is 3. The van der Waals surface area contributed by atoms with E-state index in [1.165, 1.54) is 10.9 Å². The first-order chi connectivity index (χ1) is 12.2. The minimum atomic E-state index is -0.0767. The third-order valence-corrected chi connectivity index (χ3v) is 4.39. The summed E-state index contributed by atoms with van der Waals surface area (Å²) in [6, 6.07) is 12.1. The molecule has 3 aromatic rings. The number of amides is 1. The Morgan fingerprint density at radius 2 is 2.08 bits per heavy atom. The van der Waals surface area contributed by atoms with Crippen LogP contribution in [0.25, 0.3) is 10.9 Å². The summed E-state index contributed by atoms with van der Waals surface area (Å²) in [4.78, 5) is 19.7. The number of aromatic amines is 1. The van der Waals surface area contributed by atoms with Gasteiger partial charge < -0.3 is 15.6 Å². The van der Waals surface area contributed by atoms with Gasteiger partial charge in [-0.25, -0.2) is 4.98 Å². The predicted molar refractivity (Wildman–Crippen MR) is 102 cm³/mol. The van der Waals surface area contributed by atoms with Gasteiger partial charge in [-0.3, -0.25) is 4.79 Å². The molecule has 1 atom stereocenters. The molecule has 3 rings (SSSR count). The molecule has 130 valence electrons. The van der Waals surface area contributed by atoms with Crippen LogP contribution in [0.4, 0.5) is 5.82 Å². The number of H-pyrrole nitrogens is 1. The lowest BCUT2D eigenvalue weighted by molar-refractivity contribution is 0.0939. The molecule has 5 heteroatoms. The first-order valence-electron chi connectivity index (χ1n) is 8.73. The van der Waals surface area contributed by atoms with Gasteiger partial charge >= 0.3 is 0 Å². The van der Waals surface area contributed by atoms with Crippen molar-refractivity contribution in [3.05, 3.63) is 59.9 Å². The van der Waals surface area contributed by atoms with E-state index in [2.05, 4.69) is 45.0 Å². The molecule has 25 heavy (non-hydrogen) atoms. The third kappa shape index (κ3) is 4.18. The van der Waals surface area contributed by atoms with Gasteiger partial charge in [-0.15, -0.1) is 0 Å². The van der Waals surface area contributed by atoms with E-state index in [0.29, 0.717) is 5.56 Å². The summed E-state index contributed by atoms with van der Waals surface area (Å²) < 4.78 is 0. The number of para-hydroxylation sites is 1. The van der Waals surface area contributed by atoms with E-state index in [0.717, 1.165) is 30.7 Å². The van der Waals surface area contributed by atoms with Gasteiger partial charge in [0.25, 0.3) is 5.91 Å². The van der Waals surface area contributed by atoms with Gasteiger partial charge in [0.05, 0.1) is 5.56 Å². The summed E-state index contributed by atoms with van der Waals surface area (Å²) >= 11 is 0. The highest BCUT2D eigenvalue weighted by molar-refractivity contribution is 5.94. The molecule has 3 N–H and O–H groups in total. The maximum Gasteiger partial charge on any atom is 0.253 e. The van der Waals surface area contributed by atoms with E-state index >= 15 is 0 Å². The summed E-state index contributed by atoms with van der Waals surface area (Å²) in [5.74, 6) is 0.701. The van der Waals surface area contributed by atoms with E-state index < -0.39 is 0 Å². The van der Waals surface area contributed by atoms with Crippen molar-refractivity contribution in [3.8, 4) is 0 Å². The fourth-order valence-electron chi connectivity index (χ4n) is 2.71. The maximum absolute atomic E-state index is 12.0. The van der Waals surface area contributed by atoms with Crippen LogP contribution < -0.4 is 10.6 Å². The fourth-order valence-corrected chi connectivity index (χ4v) is 2.71. The summed E-state index contributed by atoms with van der Waals surface area (Å²) in [5, 5.41) is 7.51. The van der Waals surface area contributed by atoms with Crippen LogP contribution in [0.15, 0.2) is 48.8 Å². The molecule has 2 heterocycles. The van der Waals surface area contributed by atoms with Gasteiger partial charge in [0, 0.05) is 35.9 Å². The summed E-state index contributed by atoms with van der Waals surface area (Å²) in [6.07, 6.45) is 5.49. The number of nitrogens with one attached hydrogen (secondary N) is 3. The van der Waals surface area contributed by atoms with Crippen molar-refractivity contribution in [1.82, 2.24) is 15.3 Å². The van der Waals surface area contributed by atoms with E-state index in [1.807, 2.05) is 26.0 Å². The number of pyridine rings is 1. The maximum atomic E-state index is 12.0. The highest BCUT2D eigenvalue weighted by Gasteiger charge is 2.09. The molecule has 1 unspecified atom stereocenters. The molecule has 0 aliphatic heterocycles. The number of nitrogens with zero attached hydrogens (tertiary/aromatic N) is 1. The highest BCUT2D eigenvalue weighted by atomic mass is 16.1. The fraction of sp³-hybridized carbons (Fsp3) is 0.300. The van der Waals surface area contributed by atoms with Crippen molar-refractivity contribution in [1.29, 1.82) is 0 Å². The first kappa shape index (κ1) is 17.0. The number of aromatic nitrogens is 2. The minimum absolute atomic E-state index is 0.0767. The van der Waals surface area contributed by atoms with E-state index in [-0.39, 0.29) is 11.9 Å². The Morgan fingerprint density at radius 3 is 2.84 bits per heavy atom. The van der Waals surface area contributed by atoms with Crippen LogP contribution in [0, 0.1) is 0 Å². The van der Waals surface area contributed by atoms with Gasteiger partial charge in [-0.2, -0.15) is 0 Å². The molecule has 2 aromatic heterocycles. The standard InChI is InChI=1S/C20H24N4O/c1-3-14(2)24-20(25)16-8-9-19(23-13-16)21-11-10-15-12-22-18-7-5-4-6-17(15)18/h4-9,12-14,22H,3,10-11H2,1-2H3,(H,21,23)(H,24,25). The number of rotatable bonds is 7. The molecule has 0 fully saturated rings. The molecule has 1 aromatic carbocycles. The van der Waals surface area contributed by atoms with Gasteiger partial charge in [0.2, 0.25) is 0 Å². The zero-order chi connectivity index (χ0) is 17.6. The quantitative estimate of drug-likeness (QED) is 0.615. The van der Waals surface area contributed by atoms with Crippen LogP contribution in [-0.4, -0.2) is 28.5 Å². The van der Waals surface area contributed by atoms with Gasteiger partial charge in [0.15, 0.2) is 0 Å². The zero-order valence-electron chi connectivity index (χ0n) is 14.7. The topological polar surface area (TPSA) is 69.8 Å². The number of fused-ring (bicyclic) bond motifs is 1. The SMILES string of the molecule is CCC(C)NC(=O)c1ccc(NCCc2c[nH]c3ccccc23)nc1. The second-order valence-electron chi connectivity index (χ2n) is 6.25. The predicted octanol–water partition coefficient (Wildman–Crippen LogP) is 3.75. The minimum Gasteiger partial charge on any atom is -0.370 e. The Hall–Kier alpha value is -2.82. The molecule has 0 aliphatic carbocycles. The molecule has 0 radical (unpaired) electrons.